The fraction of sp³-hybridized carbons (Fsp3) is 0.350. The zero-order valence-electron chi connectivity index (χ0n) is 15.1. The third-order valence-corrected chi connectivity index (χ3v) is 4.71. The van der Waals surface area contributed by atoms with Gasteiger partial charge in [0.1, 0.15) is 0 Å². The molecule has 1 N–H and O–H groups in total. The maximum Gasteiger partial charge on any atom is 0.238 e. The van der Waals surface area contributed by atoms with Crippen LogP contribution in [0.3, 0.4) is 0 Å². The molecule has 0 fully saturated rings. The van der Waals surface area contributed by atoms with Gasteiger partial charge in [-0.1, -0.05) is 29.8 Å². The Labute approximate surface area is 149 Å². The van der Waals surface area contributed by atoms with E-state index in [2.05, 4.69) is 54.9 Å². The number of rotatable bonds is 6. The minimum absolute atomic E-state index is 0.0216. The number of nitrogens with one attached hydrogen (secondary N) is 1. The van der Waals surface area contributed by atoms with Crippen LogP contribution in [0.5, 0.6) is 0 Å². The number of likely N-dealkylation sites (N-methyl/N-ethyl adjacent to an activating group) is 1. The van der Waals surface area contributed by atoms with Crippen molar-refractivity contribution in [3.05, 3.63) is 58.7 Å². The molecule has 0 unspecified atom stereocenters. The summed E-state index contributed by atoms with van der Waals surface area (Å²) in [7, 11) is 1.97. The molecular formula is C20H26N2OS. The number of carbonyl (C=O) groups is 1. The van der Waals surface area contributed by atoms with Crippen molar-refractivity contribution in [3.8, 4) is 0 Å². The first-order valence-corrected chi connectivity index (χ1v) is 9.30. The highest BCUT2D eigenvalue weighted by molar-refractivity contribution is 7.98. The number of benzene rings is 2. The molecule has 0 aromatic heterocycles. The number of nitrogens with zero attached hydrogens (tertiary/aromatic N) is 1. The Morgan fingerprint density at radius 1 is 1.08 bits per heavy atom. The van der Waals surface area contributed by atoms with Gasteiger partial charge in [-0.05, 0) is 62.9 Å². The summed E-state index contributed by atoms with van der Waals surface area (Å²) in [6.07, 6.45) is 2.07. The lowest BCUT2D eigenvalue weighted by Gasteiger charge is -2.18. The molecule has 0 aliphatic rings. The third-order valence-electron chi connectivity index (χ3n) is 3.97. The second-order valence-corrected chi connectivity index (χ2v) is 7.22. The molecule has 4 heteroatoms. The maximum atomic E-state index is 12.3. The molecule has 0 radical (unpaired) electrons. The Balaban J connectivity index is 1.94. The number of carbonyl (C=O) groups excluding carboxylic acids is 1. The van der Waals surface area contributed by atoms with Gasteiger partial charge in [0.15, 0.2) is 0 Å². The number of amides is 1. The van der Waals surface area contributed by atoms with Gasteiger partial charge in [0, 0.05) is 17.1 Å². The maximum absolute atomic E-state index is 12.3. The summed E-state index contributed by atoms with van der Waals surface area (Å²) >= 11 is 1.73. The highest BCUT2D eigenvalue weighted by Crippen LogP contribution is 2.22. The summed E-state index contributed by atoms with van der Waals surface area (Å²) in [6.45, 7) is 7.27. The van der Waals surface area contributed by atoms with Crippen molar-refractivity contribution in [2.24, 2.45) is 0 Å². The molecule has 0 saturated heterocycles. The van der Waals surface area contributed by atoms with E-state index in [9.17, 15) is 4.79 Å². The molecular weight excluding hydrogens is 316 g/mol. The minimum Gasteiger partial charge on any atom is -0.324 e. The summed E-state index contributed by atoms with van der Waals surface area (Å²) in [6, 6.07) is 12.7. The first-order chi connectivity index (χ1) is 11.4. The number of anilines is 1. The molecule has 2 aromatic carbocycles. The predicted molar refractivity (Wildman–Crippen MR) is 104 cm³/mol. The van der Waals surface area contributed by atoms with Crippen LogP contribution in [-0.2, 0) is 11.3 Å². The van der Waals surface area contributed by atoms with E-state index in [1.165, 1.54) is 16.0 Å². The lowest BCUT2D eigenvalue weighted by atomic mass is 10.1. The second-order valence-electron chi connectivity index (χ2n) is 6.34. The smallest absolute Gasteiger partial charge is 0.238 e. The molecule has 2 rings (SSSR count). The molecule has 2 aromatic rings. The Morgan fingerprint density at radius 3 is 2.21 bits per heavy atom. The Kier molecular flexibility index (Phi) is 6.46. The molecule has 24 heavy (non-hydrogen) atoms. The fourth-order valence-corrected chi connectivity index (χ4v) is 3.31. The van der Waals surface area contributed by atoms with Gasteiger partial charge >= 0.3 is 0 Å². The molecule has 1 amide bonds. The largest absolute Gasteiger partial charge is 0.324 e. The molecule has 0 heterocycles. The summed E-state index contributed by atoms with van der Waals surface area (Å²) in [5.74, 6) is 0.0216. The van der Waals surface area contributed by atoms with Crippen LogP contribution in [0.15, 0.2) is 41.3 Å². The highest BCUT2D eigenvalue weighted by atomic mass is 32.2. The number of hydrogen-bond acceptors (Lipinski definition) is 3. The third kappa shape index (κ3) is 5.11. The topological polar surface area (TPSA) is 32.3 Å². The predicted octanol–water partition coefficient (Wildman–Crippen LogP) is 4.40. The fourth-order valence-electron chi connectivity index (χ4n) is 2.90. The Morgan fingerprint density at radius 2 is 1.67 bits per heavy atom. The van der Waals surface area contributed by atoms with E-state index in [-0.39, 0.29) is 5.91 Å². The van der Waals surface area contributed by atoms with Crippen molar-refractivity contribution in [1.82, 2.24) is 4.90 Å². The molecule has 0 atom stereocenters. The van der Waals surface area contributed by atoms with Crippen LogP contribution in [0.25, 0.3) is 0 Å². The van der Waals surface area contributed by atoms with Crippen LogP contribution in [0.2, 0.25) is 0 Å². The van der Waals surface area contributed by atoms with E-state index in [0.29, 0.717) is 6.54 Å². The van der Waals surface area contributed by atoms with Crippen LogP contribution in [0, 0.1) is 20.8 Å². The molecule has 3 nitrogen and oxygen atoms in total. The second kappa shape index (κ2) is 8.36. The number of aryl methyl sites for hydroxylation is 3. The lowest BCUT2D eigenvalue weighted by molar-refractivity contribution is -0.117. The molecule has 0 aliphatic carbocycles. The van der Waals surface area contributed by atoms with Gasteiger partial charge in [-0.2, -0.15) is 0 Å². The van der Waals surface area contributed by atoms with Crippen LogP contribution in [-0.4, -0.2) is 30.7 Å². The van der Waals surface area contributed by atoms with Gasteiger partial charge in [0.25, 0.3) is 0 Å². The van der Waals surface area contributed by atoms with Gasteiger partial charge in [-0.25, -0.2) is 0 Å². The Bertz CT molecular complexity index is 687. The monoisotopic (exact) mass is 342 g/mol. The quantitative estimate of drug-likeness (QED) is 0.790. The molecule has 0 spiro atoms. The summed E-state index contributed by atoms with van der Waals surface area (Å²) < 4.78 is 0. The van der Waals surface area contributed by atoms with Gasteiger partial charge in [0.05, 0.1) is 6.54 Å². The van der Waals surface area contributed by atoms with Crippen molar-refractivity contribution >= 4 is 23.4 Å². The molecule has 0 bridgehead atoms. The van der Waals surface area contributed by atoms with Crippen molar-refractivity contribution < 1.29 is 4.79 Å². The summed E-state index contributed by atoms with van der Waals surface area (Å²) in [4.78, 5) is 15.6. The summed E-state index contributed by atoms with van der Waals surface area (Å²) in [5.41, 5.74) is 5.58. The van der Waals surface area contributed by atoms with Gasteiger partial charge in [0.2, 0.25) is 5.91 Å². The minimum atomic E-state index is 0.0216. The van der Waals surface area contributed by atoms with Crippen LogP contribution < -0.4 is 5.32 Å². The van der Waals surface area contributed by atoms with Crippen LogP contribution in [0.4, 0.5) is 5.69 Å². The first-order valence-electron chi connectivity index (χ1n) is 8.08. The first kappa shape index (κ1) is 18.6. The van der Waals surface area contributed by atoms with Gasteiger partial charge in [-0.15, -0.1) is 11.8 Å². The van der Waals surface area contributed by atoms with Crippen molar-refractivity contribution in [2.45, 2.75) is 32.2 Å². The number of thioether (sulfide) groups is 1. The van der Waals surface area contributed by atoms with Crippen molar-refractivity contribution in [2.75, 3.05) is 25.2 Å². The molecule has 128 valence electrons. The van der Waals surface area contributed by atoms with Crippen molar-refractivity contribution in [1.29, 1.82) is 0 Å². The van der Waals surface area contributed by atoms with E-state index in [0.717, 1.165) is 23.4 Å². The van der Waals surface area contributed by atoms with Crippen LogP contribution >= 0.6 is 11.8 Å². The molecule has 0 aliphatic heterocycles. The average molecular weight is 343 g/mol. The van der Waals surface area contributed by atoms with E-state index < -0.39 is 0 Å². The number of hydrogen-bond donors (Lipinski definition) is 1. The average Bonchev–Trinajstić information content (AvgIpc) is 2.51. The normalized spacial score (nSPS) is 10.9. The van der Waals surface area contributed by atoms with Crippen LogP contribution in [0.1, 0.15) is 22.3 Å². The van der Waals surface area contributed by atoms with Crippen molar-refractivity contribution in [3.63, 3.8) is 0 Å². The highest BCUT2D eigenvalue weighted by Gasteiger charge is 2.11. The zero-order chi connectivity index (χ0) is 17.7. The summed E-state index contributed by atoms with van der Waals surface area (Å²) in [5, 5.41) is 3.06. The SMILES string of the molecule is CSc1ccc(CN(C)CC(=O)Nc2c(C)cc(C)cc2C)cc1. The van der Waals surface area contributed by atoms with E-state index in [4.69, 9.17) is 0 Å². The van der Waals surface area contributed by atoms with Gasteiger partial charge < -0.3 is 5.32 Å². The standard InChI is InChI=1S/C20H26N2OS/c1-14-10-15(2)20(16(3)11-14)21-19(23)13-22(4)12-17-6-8-18(24-5)9-7-17/h6-11H,12-13H2,1-5H3,(H,21,23). The Hall–Kier alpha value is -1.78. The van der Waals surface area contributed by atoms with Gasteiger partial charge in [-0.3, -0.25) is 9.69 Å². The lowest BCUT2D eigenvalue weighted by Crippen LogP contribution is -2.30. The van der Waals surface area contributed by atoms with E-state index >= 15 is 0 Å². The van der Waals surface area contributed by atoms with E-state index in [1.54, 1.807) is 11.8 Å². The molecule has 0 saturated carbocycles. The zero-order valence-corrected chi connectivity index (χ0v) is 16.0. The van der Waals surface area contributed by atoms with E-state index in [1.807, 2.05) is 25.8 Å².